The van der Waals surface area contributed by atoms with E-state index in [0.29, 0.717) is 11.3 Å². The van der Waals surface area contributed by atoms with E-state index < -0.39 is 0 Å². The number of benzene rings is 4. The molecule has 0 fully saturated rings. The third-order valence-electron chi connectivity index (χ3n) is 12.8. The van der Waals surface area contributed by atoms with Crippen molar-refractivity contribution in [2.75, 3.05) is 0 Å². The van der Waals surface area contributed by atoms with E-state index in [9.17, 15) is 0 Å². The summed E-state index contributed by atoms with van der Waals surface area (Å²) in [7, 11) is 0. The molecule has 5 aromatic carbocycles. The molecule has 0 aromatic heterocycles. The molecule has 1 atom stereocenters. The first kappa shape index (κ1) is 50.7. The van der Waals surface area contributed by atoms with Crippen LogP contribution in [0.2, 0.25) is 0 Å². The van der Waals surface area contributed by atoms with E-state index in [0.717, 1.165) is 6.42 Å². The van der Waals surface area contributed by atoms with Gasteiger partial charge in [-0.15, -0.1) is 39.7 Å². The van der Waals surface area contributed by atoms with Gasteiger partial charge in [0.05, 0.1) is 0 Å². The van der Waals surface area contributed by atoms with E-state index >= 15 is 0 Å². The zero-order valence-corrected chi connectivity index (χ0v) is 44.2. The van der Waals surface area contributed by atoms with Gasteiger partial charge in [-0.1, -0.05) is 115 Å². The van der Waals surface area contributed by atoms with Crippen molar-refractivity contribution in [2.24, 2.45) is 11.3 Å². The maximum atomic E-state index is 3.48. The molecular formula is C58H70Cl2Zr-2. The number of fused-ring (bicyclic) bond motifs is 5. The second-order valence-corrected chi connectivity index (χ2v) is 23.1. The minimum absolute atomic E-state index is 0. The van der Waals surface area contributed by atoms with Gasteiger partial charge in [-0.25, -0.2) is 5.57 Å². The first-order chi connectivity index (χ1) is 27.2. The molecule has 0 nitrogen and oxygen atoms in total. The largest absolute Gasteiger partial charge is 1.00 e. The molecule has 0 radical (unpaired) electrons. The van der Waals surface area contributed by atoms with E-state index in [1.54, 1.807) is 0 Å². The summed E-state index contributed by atoms with van der Waals surface area (Å²) in [4.78, 5) is 0. The summed E-state index contributed by atoms with van der Waals surface area (Å²) in [5.74, 6) is 0.522. The first-order valence-electron chi connectivity index (χ1n) is 22.0. The molecule has 0 heterocycles. The van der Waals surface area contributed by atoms with Crippen molar-refractivity contribution >= 4 is 35.9 Å². The number of halogens is 2. The Balaban J connectivity index is 0.000000210. The van der Waals surface area contributed by atoms with Crippen LogP contribution in [0.5, 0.6) is 0 Å². The molecule has 61 heavy (non-hydrogen) atoms. The maximum Gasteiger partial charge on any atom is 0.00178 e. The summed E-state index contributed by atoms with van der Waals surface area (Å²) < 4.78 is 1.42. The van der Waals surface area contributed by atoms with E-state index in [4.69, 9.17) is 0 Å². The van der Waals surface area contributed by atoms with Crippen molar-refractivity contribution in [3.63, 3.8) is 0 Å². The van der Waals surface area contributed by atoms with Crippen LogP contribution in [0.1, 0.15) is 169 Å². The van der Waals surface area contributed by atoms with Crippen molar-refractivity contribution in [2.45, 2.75) is 146 Å². The fourth-order valence-corrected chi connectivity index (χ4v) is 10.2. The van der Waals surface area contributed by atoms with Gasteiger partial charge in [0, 0.05) is 10.8 Å². The topological polar surface area (TPSA) is 0 Å². The van der Waals surface area contributed by atoms with Crippen LogP contribution in [-0.2, 0) is 45.9 Å². The van der Waals surface area contributed by atoms with E-state index in [2.05, 4.69) is 221 Å². The molecule has 8 rings (SSSR count). The minimum Gasteiger partial charge on any atom is -1.00 e. The number of rotatable bonds is 3. The molecule has 0 saturated heterocycles. The third-order valence-corrected chi connectivity index (χ3v) is 14.2. The van der Waals surface area contributed by atoms with Crippen LogP contribution in [0.25, 0.3) is 32.7 Å². The summed E-state index contributed by atoms with van der Waals surface area (Å²) in [6.45, 7) is 38.6. The first-order valence-corrected chi connectivity index (χ1v) is 23.2. The Labute approximate surface area is 398 Å². The van der Waals surface area contributed by atoms with Crippen LogP contribution in [-0.4, -0.2) is 3.21 Å². The van der Waals surface area contributed by atoms with E-state index in [-0.39, 0.29) is 46.5 Å². The molecule has 3 aliphatic rings. The van der Waals surface area contributed by atoms with E-state index in [1.807, 2.05) is 0 Å². The summed E-state index contributed by atoms with van der Waals surface area (Å²) >= 11 is 1.46. The van der Waals surface area contributed by atoms with Crippen LogP contribution < -0.4 is 24.8 Å². The predicted molar refractivity (Wildman–Crippen MR) is 258 cm³/mol. The average molecular weight is 929 g/mol. The number of hydrogen-bond donors (Lipinski definition) is 0. The maximum absolute atomic E-state index is 3.48. The van der Waals surface area contributed by atoms with Crippen molar-refractivity contribution in [3.8, 4) is 0 Å². The fourth-order valence-electron chi connectivity index (χ4n) is 9.40. The molecule has 0 N–H and O–H groups in total. The molecule has 1 unspecified atom stereocenters. The van der Waals surface area contributed by atoms with Crippen molar-refractivity contribution in [1.82, 2.24) is 0 Å². The summed E-state index contributed by atoms with van der Waals surface area (Å²) in [6, 6.07) is 30.2. The van der Waals surface area contributed by atoms with Gasteiger partial charge < -0.3 is 24.8 Å². The molecule has 0 spiro atoms. The van der Waals surface area contributed by atoms with Gasteiger partial charge in [0.15, 0.2) is 0 Å². The Morgan fingerprint density at radius 2 is 1.00 bits per heavy atom. The fraction of sp³-hybridized carbons (Fsp3) is 0.414. The molecular weight excluding hydrogens is 859 g/mol. The minimum atomic E-state index is 0. The van der Waals surface area contributed by atoms with Crippen LogP contribution in [0.15, 0.2) is 108 Å². The van der Waals surface area contributed by atoms with Crippen LogP contribution in [0.3, 0.4) is 0 Å². The molecule has 5 aromatic rings. The van der Waals surface area contributed by atoms with E-state index in [1.165, 1.54) is 116 Å². The molecule has 322 valence electrons. The second-order valence-electron chi connectivity index (χ2n) is 21.8. The van der Waals surface area contributed by atoms with Gasteiger partial charge in [-0.3, -0.25) is 6.08 Å². The van der Waals surface area contributed by atoms with Gasteiger partial charge in [-0.2, -0.15) is 11.6 Å². The second kappa shape index (κ2) is 18.3. The zero-order chi connectivity index (χ0) is 43.6. The quantitative estimate of drug-likeness (QED) is 0.158. The third kappa shape index (κ3) is 10.7. The molecule has 0 saturated carbocycles. The van der Waals surface area contributed by atoms with Gasteiger partial charge in [-0.05, 0) is 36.1 Å². The smallest absolute Gasteiger partial charge is 0.00178 e. The Kier molecular flexibility index (Phi) is 15.2. The molecule has 0 amide bonds. The molecule has 3 aliphatic carbocycles. The molecule has 3 heteroatoms. The predicted octanol–water partition coefficient (Wildman–Crippen LogP) is 10.3. The van der Waals surface area contributed by atoms with Gasteiger partial charge in [0.2, 0.25) is 0 Å². The van der Waals surface area contributed by atoms with Crippen molar-refractivity contribution in [1.29, 1.82) is 0 Å². The average Bonchev–Trinajstić information content (AvgIpc) is 3.84. The Hall–Kier alpha value is -2.96. The van der Waals surface area contributed by atoms with Crippen LogP contribution in [0, 0.1) is 17.4 Å². The Morgan fingerprint density at radius 1 is 0.623 bits per heavy atom. The molecule has 0 aliphatic heterocycles. The SMILES string of the molecule is CC(C)(C)c1ccc([C](=[Zr+2])c2ccc(C(C)(C)C)cc2)cc1.CC1=CC(C)(C)c2cc3[cH-]c4cc5c(cc4c3cc21)C(C)=CC5(C)C.CCC1=[C-]C(C)C=C1C(C)(C)C.[Cl-].[Cl-]. The van der Waals surface area contributed by atoms with Gasteiger partial charge in [0.25, 0.3) is 0 Å². The normalized spacial score (nSPS) is 17.3. The number of allylic oxidation sites excluding steroid dienone is 8. The van der Waals surface area contributed by atoms with Gasteiger partial charge in [0.1, 0.15) is 0 Å². The van der Waals surface area contributed by atoms with Crippen molar-refractivity contribution in [3.05, 3.63) is 159 Å². The molecule has 0 bridgehead atoms. The Morgan fingerprint density at radius 3 is 1.31 bits per heavy atom. The standard InChI is InChI=1S/C25H25.C21H26.C12H19.2ClH.Zr/c1-14-12-24(3,4)22-8-16-7-17-9-23-19(15(2)13-25(23,5)6)11-21(17)20(16)10-18(14)22;1-20(2,3)18-11-7-16(8-12-18)15-17-9-13-19(14-10-17)21(4,5)6;1-6-10-7-9(2)8-11(10)12(3,4)5;;;/h7-13H,1-6H3;7-14H,1-6H3;8-9H,6H2,1-5H3;2*1H;/q-1;;-1;;;+2/p-2. The monoisotopic (exact) mass is 926 g/mol. The Bertz CT molecular complexity index is 2390. The van der Waals surface area contributed by atoms with Gasteiger partial charge >= 0.3 is 151 Å². The summed E-state index contributed by atoms with van der Waals surface area (Å²) in [6.07, 6.45) is 11.8. The van der Waals surface area contributed by atoms with Crippen LogP contribution >= 0.6 is 0 Å². The summed E-state index contributed by atoms with van der Waals surface area (Å²) in [5, 5.41) is 5.57. The van der Waals surface area contributed by atoms with Crippen molar-refractivity contribution < 1.29 is 49.0 Å². The van der Waals surface area contributed by atoms with Crippen LogP contribution in [0.4, 0.5) is 0 Å². The summed E-state index contributed by atoms with van der Waals surface area (Å²) in [5.41, 5.74) is 18.0. The number of hydrogen-bond acceptors (Lipinski definition) is 0. The zero-order valence-electron chi connectivity index (χ0n) is 40.3.